The van der Waals surface area contributed by atoms with E-state index in [1.807, 2.05) is 68.4 Å². The number of benzene rings is 2. The molecule has 0 fully saturated rings. The number of para-hydroxylation sites is 1. The molecular weight excluding hydrogens is 466 g/mol. The lowest BCUT2D eigenvalue weighted by atomic mass is 10.0. The maximum atomic E-state index is 13.9. The number of carbonyl (C=O) groups excluding carboxylic acids is 2. The zero-order valence-electron chi connectivity index (χ0n) is 18.8. The Kier molecular flexibility index (Phi) is 5.93. The second-order valence-corrected chi connectivity index (χ2v) is 9.92. The highest BCUT2D eigenvalue weighted by Gasteiger charge is 2.29. The fourth-order valence-corrected chi connectivity index (χ4v) is 6.52. The van der Waals surface area contributed by atoms with Gasteiger partial charge < -0.3 is 9.72 Å². The van der Waals surface area contributed by atoms with E-state index < -0.39 is 11.2 Å². The van der Waals surface area contributed by atoms with Crippen LogP contribution in [0.1, 0.15) is 42.2 Å². The maximum absolute atomic E-state index is 13.9. The third-order valence-electron chi connectivity index (χ3n) is 5.66. The number of H-pyrrole nitrogens is 1. The van der Waals surface area contributed by atoms with Crippen LogP contribution >= 0.6 is 23.1 Å². The van der Waals surface area contributed by atoms with Gasteiger partial charge in [0.1, 0.15) is 20.6 Å². The van der Waals surface area contributed by atoms with Gasteiger partial charge in [-0.2, -0.15) is 0 Å². The number of rotatable bonds is 6. The third kappa shape index (κ3) is 3.89. The highest BCUT2D eigenvalue weighted by Crippen LogP contribution is 2.43. The van der Waals surface area contributed by atoms with Crippen molar-refractivity contribution >= 4 is 56.0 Å². The van der Waals surface area contributed by atoms with Gasteiger partial charge in [-0.15, -0.1) is 11.3 Å². The molecule has 3 aromatic heterocycles. The van der Waals surface area contributed by atoms with Crippen molar-refractivity contribution < 1.29 is 14.3 Å². The Balaban J connectivity index is 1.65. The Hall–Kier alpha value is -3.49. The number of nitrogens with one attached hydrogen (secondary N) is 1. The zero-order chi connectivity index (χ0) is 23.8. The van der Waals surface area contributed by atoms with E-state index in [0.717, 1.165) is 27.4 Å². The smallest absolute Gasteiger partial charge is 0.348 e. The van der Waals surface area contributed by atoms with Gasteiger partial charge in [0.15, 0.2) is 5.78 Å². The minimum atomic E-state index is -0.529. The van der Waals surface area contributed by atoms with Gasteiger partial charge in [0.2, 0.25) is 0 Å². The van der Waals surface area contributed by atoms with Crippen molar-refractivity contribution in [3.63, 3.8) is 0 Å². The number of thioether (sulfide) groups is 1. The van der Waals surface area contributed by atoms with Crippen LogP contribution in [0.25, 0.3) is 21.1 Å². The summed E-state index contributed by atoms with van der Waals surface area (Å²) in [5, 5.41) is 1.82. The Labute approximate surface area is 204 Å². The van der Waals surface area contributed by atoms with Gasteiger partial charge in [-0.05, 0) is 31.0 Å². The van der Waals surface area contributed by atoms with Crippen molar-refractivity contribution in [2.45, 2.75) is 24.1 Å². The molecule has 170 valence electrons. The number of ketones is 1. The van der Waals surface area contributed by atoms with Crippen LogP contribution in [0.4, 0.5) is 0 Å². The molecule has 0 aliphatic rings. The van der Waals surface area contributed by atoms with E-state index in [4.69, 9.17) is 9.72 Å². The summed E-state index contributed by atoms with van der Waals surface area (Å²) in [6.45, 7) is 3.68. The van der Waals surface area contributed by atoms with Crippen molar-refractivity contribution in [1.29, 1.82) is 0 Å². The van der Waals surface area contributed by atoms with Gasteiger partial charge in [0.25, 0.3) is 0 Å². The van der Waals surface area contributed by atoms with Gasteiger partial charge in [0.05, 0.1) is 12.4 Å². The fraction of sp³-hybridized carbons (Fsp3) is 0.154. The lowest BCUT2D eigenvalue weighted by molar-refractivity contribution is 0.0605. The number of esters is 1. The van der Waals surface area contributed by atoms with Crippen LogP contribution in [-0.4, -0.2) is 33.8 Å². The molecule has 3 heterocycles. The molecule has 8 heteroatoms. The molecule has 0 saturated carbocycles. The van der Waals surface area contributed by atoms with E-state index in [0.29, 0.717) is 26.1 Å². The average molecular weight is 488 g/mol. The number of hydrogen-bond donors (Lipinski definition) is 1. The Morgan fingerprint density at radius 3 is 2.53 bits per heavy atom. The highest BCUT2D eigenvalue weighted by atomic mass is 32.2. The Morgan fingerprint density at radius 1 is 1.03 bits per heavy atom. The van der Waals surface area contributed by atoms with Gasteiger partial charge in [-0.1, -0.05) is 60.3 Å². The molecule has 0 spiro atoms. The number of carbonyl (C=O) groups is 2. The summed E-state index contributed by atoms with van der Waals surface area (Å²) in [6.07, 6.45) is 1.77. The lowest BCUT2D eigenvalue weighted by Gasteiger charge is -2.16. The quantitative estimate of drug-likeness (QED) is 0.131. The molecule has 0 unspecified atom stereocenters. The molecule has 0 aliphatic carbocycles. The third-order valence-corrected chi connectivity index (χ3v) is 8.07. The molecule has 2 aromatic carbocycles. The van der Waals surface area contributed by atoms with Crippen molar-refractivity contribution in [3.05, 3.63) is 88.2 Å². The maximum Gasteiger partial charge on any atom is 0.348 e. The molecule has 0 bridgehead atoms. The predicted molar refractivity (Wildman–Crippen MR) is 136 cm³/mol. The molecule has 5 aromatic rings. The fourth-order valence-electron chi connectivity index (χ4n) is 4.01. The predicted octanol–water partition coefficient (Wildman–Crippen LogP) is 6.29. The summed E-state index contributed by atoms with van der Waals surface area (Å²) < 4.78 is 4.95. The van der Waals surface area contributed by atoms with Gasteiger partial charge in [-0.25, -0.2) is 14.8 Å². The van der Waals surface area contributed by atoms with E-state index in [1.54, 1.807) is 6.20 Å². The first-order valence-electron chi connectivity index (χ1n) is 10.7. The number of methoxy groups -OCH3 is 1. The Morgan fingerprint density at radius 2 is 1.76 bits per heavy atom. The molecule has 0 radical (unpaired) electrons. The molecule has 5 rings (SSSR count). The van der Waals surface area contributed by atoms with Crippen molar-refractivity contribution in [2.24, 2.45) is 0 Å². The van der Waals surface area contributed by atoms with Gasteiger partial charge in [0, 0.05) is 28.0 Å². The van der Waals surface area contributed by atoms with Crippen LogP contribution in [0.2, 0.25) is 0 Å². The van der Waals surface area contributed by atoms with Crippen LogP contribution in [0.3, 0.4) is 0 Å². The van der Waals surface area contributed by atoms with Crippen LogP contribution < -0.4 is 0 Å². The summed E-state index contributed by atoms with van der Waals surface area (Å²) in [5.74, 6) is 0.168. The second kappa shape index (κ2) is 9.04. The molecule has 1 atom stereocenters. The summed E-state index contributed by atoms with van der Waals surface area (Å²) in [6, 6.07) is 17.5. The molecule has 0 saturated heterocycles. The number of hydrogen-bond acceptors (Lipinski definition) is 7. The summed E-state index contributed by atoms with van der Waals surface area (Å²) in [4.78, 5) is 39.9. The van der Waals surface area contributed by atoms with Crippen molar-refractivity contribution in [2.75, 3.05) is 7.11 Å². The molecule has 0 amide bonds. The second-order valence-electron chi connectivity index (χ2n) is 7.82. The highest BCUT2D eigenvalue weighted by molar-refractivity contribution is 8.00. The van der Waals surface area contributed by atoms with Crippen LogP contribution in [-0.2, 0) is 4.74 Å². The monoisotopic (exact) mass is 487 g/mol. The first kappa shape index (κ1) is 22.3. The number of fused-ring (bicyclic) bond motifs is 2. The number of aryl methyl sites for hydroxylation is 2. The standard InChI is InChI=1S/C26H21N3O3S2/c1-14-20-24(33-22(14)26(31)32-3)28-15(2)29-25(20)34-23(16-9-5-4-6-10-16)21(30)18-13-27-19-12-8-7-11-17(18)19/h4-13,23,27H,1-3H3/t23-/m1/s1. The Bertz CT molecular complexity index is 1540. The summed E-state index contributed by atoms with van der Waals surface area (Å²) >= 11 is 2.67. The molecule has 6 nitrogen and oxygen atoms in total. The number of aromatic amines is 1. The van der Waals surface area contributed by atoms with Crippen molar-refractivity contribution in [1.82, 2.24) is 15.0 Å². The zero-order valence-corrected chi connectivity index (χ0v) is 20.4. The molecule has 34 heavy (non-hydrogen) atoms. The summed E-state index contributed by atoms with van der Waals surface area (Å²) in [5.41, 5.74) is 3.20. The minimum absolute atomic E-state index is 0.0147. The van der Waals surface area contributed by atoms with E-state index >= 15 is 0 Å². The van der Waals surface area contributed by atoms with Gasteiger partial charge >= 0.3 is 5.97 Å². The summed E-state index contributed by atoms with van der Waals surface area (Å²) in [7, 11) is 1.37. The average Bonchev–Trinajstić information content (AvgIpc) is 3.43. The van der Waals surface area contributed by atoms with E-state index in [2.05, 4.69) is 9.97 Å². The number of nitrogens with zero attached hydrogens (tertiary/aromatic N) is 2. The minimum Gasteiger partial charge on any atom is -0.465 e. The van der Waals surface area contributed by atoms with E-state index in [-0.39, 0.29) is 5.78 Å². The normalized spacial score (nSPS) is 12.2. The van der Waals surface area contributed by atoms with Crippen molar-refractivity contribution in [3.8, 4) is 0 Å². The van der Waals surface area contributed by atoms with Crippen LogP contribution in [0.15, 0.2) is 65.8 Å². The largest absolute Gasteiger partial charge is 0.465 e. The number of aromatic nitrogens is 3. The number of ether oxygens (including phenoxy) is 1. The molecule has 1 N–H and O–H groups in total. The number of thiophene rings is 1. The first-order chi connectivity index (χ1) is 16.5. The van der Waals surface area contributed by atoms with E-state index in [9.17, 15) is 9.59 Å². The van der Waals surface area contributed by atoms with E-state index in [1.165, 1.54) is 30.2 Å². The van der Waals surface area contributed by atoms with Crippen LogP contribution in [0.5, 0.6) is 0 Å². The SMILES string of the molecule is COC(=O)c1sc2nc(C)nc(S[C@@H](C(=O)c3c[nH]c4ccccc34)c3ccccc3)c2c1C. The molecule has 0 aliphatic heterocycles. The number of Topliss-reactive ketones (excluding diaryl/α,β-unsaturated/α-hetero) is 1. The first-order valence-corrected chi connectivity index (χ1v) is 12.4. The lowest BCUT2D eigenvalue weighted by Crippen LogP contribution is -2.10. The van der Waals surface area contributed by atoms with Gasteiger partial charge in [-0.3, -0.25) is 4.79 Å². The van der Waals surface area contributed by atoms with Crippen LogP contribution in [0, 0.1) is 13.8 Å². The molecular formula is C26H21N3O3S2. The topological polar surface area (TPSA) is 84.9 Å².